The smallest absolute Gasteiger partial charge is 0.338 e. The predicted octanol–water partition coefficient (Wildman–Crippen LogP) is 5.46. The number of carbonyl (C=O) groups is 2. The summed E-state index contributed by atoms with van der Waals surface area (Å²) in [5.41, 5.74) is 3.32. The maximum atomic E-state index is 12.9. The number of anilines is 1. The summed E-state index contributed by atoms with van der Waals surface area (Å²) < 4.78 is 4.98. The molecule has 0 aliphatic rings. The molecule has 0 fully saturated rings. The monoisotopic (exact) mass is 394 g/mol. The molecule has 0 unspecified atom stereocenters. The summed E-state index contributed by atoms with van der Waals surface area (Å²) in [6.45, 7) is 9.49. The molecule has 2 rings (SSSR count). The molecule has 0 saturated carbocycles. The van der Waals surface area contributed by atoms with Crippen molar-refractivity contribution in [1.29, 1.82) is 0 Å². The van der Waals surface area contributed by atoms with Crippen molar-refractivity contribution in [3.8, 4) is 0 Å². The molecule has 0 spiro atoms. The van der Waals surface area contributed by atoms with E-state index < -0.39 is 0 Å². The summed E-state index contributed by atoms with van der Waals surface area (Å²) in [7, 11) is 0. The van der Waals surface area contributed by atoms with E-state index in [1.165, 1.54) is 0 Å². The molecule has 1 N–H and O–H groups in total. The van der Waals surface area contributed by atoms with E-state index in [9.17, 15) is 9.59 Å². The van der Waals surface area contributed by atoms with Crippen LogP contribution in [0, 0.1) is 5.92 Å². The highest BCUT2D eigenvalue weighted by atomic mass is 16.5. The second-order valence-corrected chi connectivity index (χ2v) is 7.40. The van der Waals surface area contributed by atoms with Crippen molar-refractivity contribution in [3.05, 3.63) is 71.3 Å². The second-order valence-electron chi connectivity index (χ2n) is 7.40. The van der Waals surface area contributed by atoms with E-state index in [4.69, 9.17) is 4.74 Å². The number of hydrogen-bond donors (Lipinski definition) is 1. The van der Waals surface area contributed by atoms with Gasteiger partial charge in [-0.05, 0) is 49.6 Å². The van der Waals surface area contributed by atoms with Crippen LogP contribution in [0.25, 0.3) is 6.08 Å². The Labute approximate surface area is 173 Å². The lowest BCUT2D eigenvalue weighted by molar-refractivity contribution is 0.0526. The number of carbonyl (C=O) groups excluding carboxylic acids is 2. The Morgan fingerprint density at radius 1 is 1.07 bits per heavy atom. The zero-order chi connectivity index (χ0) is 21.2. The van der Waals surface area contributed by atoms with Gasteiger partial charge >= 0.3 is 12.0 Å². The standard InChI is InChI=1S/C24H30N2O3/c1-5-29-23(27)21-11-13-22(14-12-21)25-24(28)26(16-18(2)3)17-19(4)15-20-9-7-6-8-10-20/h6-15,18H,5,16-17H2,1-4H3,(H,25,28)/b19-15+. The molecule has 2 aromatic rings. The lowest BCUT2D eigenvalue weighted by Gasteiger charge is -2.25. The molecule has 2 aromatic carbocycles. The Hall–Kier alpha value is -3.08. The van der Waals surface area contributed by atoms with Crippen LogP contribution in [0.5, 0.6) is 0 Å². The van der Waals surface area contributed by atoms with E-state index in [0.29, 0.717) is 36.9 Å². The van der Waals surface area contributed by atoms with E-state index >= 15 is 0 Å². The van der Waals surface area contributed by atoms with Gasteiger partial charge in [-0.25, -0.2) is 9.59 Å². The molecule has 0 atom stereocenters. The number of rotatable bonds is 8. The van der Waals surface area contributed by atoms with Crippen LogP contribution in [-0.4, -0.2) is 36.6 Å². The number of amides is 2. The molecule has 0 saturated heterocycles. The molecule has 0 radical (unpaired) electrons. The molecule has 29 heavy (non-hydrogen) atoms. The van der Waals surface area contributed by atoms with Crippen LogP contribution in [0.3, 0.4) is 0 Å². The lowest BCUT2D eigenvalue weighted by atomic mass is 10.1. The topological polar surface area (TPSA) is 58.6 Å². The largest absolute Gasteiger partial charge is 0.462 e. The average Bonchev–Trinajstić information content (AvgIpc) is 2.68. The Bertz CT molecular complexity index is 827. The molecule has 2 amide bonds. The number of ether oxygens (including phenoxy) is 1. The zero-order valence-corrected chi connectivity index (χ0v) is 17.6. The lowest BCUT2D eigenvalue weighted by Crippen LogP contribution is -2.38. The van der Waals surface area contributed by atoms with Gasteiger partial charge in [-0.15, -0.1) is 0 Å². The van der Waals surface area contributed by atoms with E-state index in [0.717, 1.165) is 11.1 Å². The minimum absolute atomic E-state index is 0.164. The minimum atomic E-state index is -0.367. The molecule has 0 aliphatic carbocycles. The van der Waals surface area contributed by atoms with Crippen molar-refractivity contribution in [2.75, 3.05) is 25.0 Å². The van der Waals surface area contributed by atoms with Crippen LogP contribution >= 0.6 is 0 Å². The molecule has 154 valence electrons. The van der Waals surface area contributed by atoms with Crippen LogP contribution in [-0.2, 0) is 4.74 Å². The van der Waals surface area contributed by atoms with Gasteiger partial charge in [0.1, 0.15) is 0 Å². The fourth-order valence-electron chi connectivity index (χ4n) is 2.95. The molecular weight excluding hydrogens is 364 g/mol. The van der Waals surface area contributed by atoms with Crippen LogP contribution < -0.4 is 5.32 Å². The van der Waals surface area contributed by atoms with Gasteiger partial charge in [-0.1, -0.05) is 55.8 Å². The first-order valence-corrected chi connectivity index (χ1v) is 9.94. The first kappa shape index (κ1) is 22.2. The average molecular weight is 395 g/mol. The molecule has 0 bridgehead atoms. The Morgan fingerprint density at radius 2 is 1.72 bits per heavy atom. The molecule has 5 heteroatoms. The number of esters is 1. The van der Waals surface area contributed by atoms with Gasteiger partial charge in [-0.3, -0.25) is 0 Å². The third kappa shape index (κ3) is 7.45. The van der Waals surface area contributed by atoms with Crippen molar-refractivity contribution < 1.29 is 14.3 Å². The normalized spacial score (nSPS) is 11.3. The van der Waals surface area contributed by atoms with Gasteiger partial charge in [0.25, 0.3) is 0 Å². The molecule has 0 aromatic heterocycles. The third-order valence-corrected chi connectivity index (χ3v) is 4.17. The molecule has 0 heterocycles. The fourth-order valence-corrected chi connectivity index (χ4v) is 2.95. The second kappa shape index (κ2) is 11.1. The minimum Gasteiger partial charge on any atom is -0.462 e. The van der Waals surface area contributed by atoms with Gasteiger partial charge in [-0.2, -0.15) is 0 Å². The molecular formula is C24H30N2O3. The number of nitrogens with zero attached hydrogens (tertiary/aromatic N) is 1. The summed E-state index contributed by atoms with van der Waals surface area (Å²) in [4.78, 5) is 26.4. The van der Waals surface area contributed by atoms with E-state index in [-0.39, 0.29) is 12.0 Å². The van der Waals surface area contributed by atoms with Gasteiger partial charge in [0.15, 0.2) is 0 Å². The highest BCUT2D eigenvalue weighted by Crippen LogP contribution is 2.14. The number of urea groups is 1. The van der Waals surface area contributed by atoms with Gasteiger partial charge < -0.3 is 15.0 Å². The maximum absolute atomic E-state index is 12.9. The van der Waals surface area contributed by atoms with Crippen LogP contribution in [0.15, 0.2) is 60.2 Å². The summed E-state index contributed by atoms with van der Waals surface area (Å²) in [6, 6.07) is 16.6. The predicted molar refractivity (Wildman–Crippen MR) is 118 cm³/mol. The summed E-state index contributed by atoms with van der Waals surface area (Å²) in [5, 5.41) is 2.92. The number of nitrogens with one attached hydrogen (secondary N) is 1. The quantitative estimate of drug-likeness (QED) is 0.605. The summed E-state index contributed by atoms with van der Waals surface area (Å²) >= 11 is 0. The third-order valence-electron chi connectivity index (χ3n) is 4.17. The van der Waals surface area contributed by atoms with Gasteiger partial charge in [0.2, 0.25) is 0 Å². The molecule has 5 nitrogen and oxygen atoms in total. The maximum Gasteiger partial charge on any atom is 0.338 e. The van der Waals surface area contributed by atoms with Gasteiger partial charge in [0.05, 0.1) is 12.2 Å². The zero-order valence-electron chi connectivity index (χ0n) is 17.6. The van der Waals surface area contributed by atoms with Crippen molar-refractivity contribution in [3.63, 3.8) is 0 Å². The summed E-state index contributed by atoms with van der Waals surface area (Å²) in [5.74, 6) is -0.0232. The first-order valence-electron chi connectivity index (χ1n) is 9.94. The van der Waals surface area contributed by atoms with E-state index in [2.05, 4.69) is 25.2 Å². The van der Waals surface area contributed by atoms with E-state index in [1.54, 1.807) is 36.1 Å². The van der Waals surface area contributed by atoms with Crippen molar-refractivity contribution in [2.45, 2.75) is 27.7 Å². The fraction of sp³-hybridized carbons (Fsp3) is 0.333. The van der Waals surface area contributed by atoms with Crippen LogP contribution in [0.4, 0.5) is 10.5 Å². The van der Waals surface area contributed by atoms with Crippen molar-refractivity contribution in [2.24, 2.45) is 5.92 Å². The van der Waals surface area contributed by atoms with Gasteiger partial charge in [0, 0.05) is 18.8 Å². The Morgan fingerprint density at radius 3 is 2.31 bits per heavy atom. The Balaban J connectivity index is 2.06. The summed E-state index contributed by atoms with van der Waals surface area (Å²) in [6.07, 6.45) is 2.09. The number of hydrogen-bond acceptors (Lipinski definition) is 3. The SMILES string of the molecule is CCOC(=O)c1ccc(NC(=O)N(C/C(C)=C/c2ccccc2)CC(C)C)cc1. The van der Waals surface area contributed by atoms with E-state index in [1.807, 2.05) is 37.3 Å². The van der Waals surface area contributed by atoms with Crippen LogP contribution in [0.1, 0.15) is 43.6 Å². The Kier molecular flexibility index (Phi) is 8.46. The number of benzene rings is 2. The van der Waals surface area contributed by atoms with Crippen molar-refractivity contribution in [1.82, 2.24) is 4.90 Å². The van der Waals surface area contributed by atoms with Crippen LogP contribution in [0.2, 0.25) is 0 Å². The van der Waals surface area contributed by atoms with Crippen molar-refractivity contribution >= 4 is 23.8 Å². The first-order chi connectivity index (χ1) is 13.9. The molecule has 0 aliphatic heterocycles. The highest BCUT2D eigenvalue weighted by Gasteiger charge is 2.16. The highest BCUT2D eigenvalue weighted by molar-refractivity contribution is 5.92.